The minimum Gasteiger partial charge on any atom is -0.494 e. The summed E-state index contributed by atoms with van der Waals surface area (Å²) >= 11 is 0. The molecular weight excluding hydrogens is 388 g/mol. The highest BCUT2D eigenvalue weighted by atomic mass is 16.5. The summed E-state index contributed by atoms with van der Waals surface area (Å²) in [7, 11) is 0. The Kier molecular flexibility index (Phi) is 9.39. The predicted molar refractivity (Wildman–Crippen MR) is 127 cm³/mol. The first-order valence-corrected chi connectivity index (χ1v) is 10.9. The Morgan fingerprint density at radius 3 is 2.23 bits per heavy atom. The van der Waals surface area contributed by atoms with E-state index in [0.717, 1.165) is 29.0 Å². The molecule has 0 aliphatic carbocycles. The van der Waals surface area contributed by atoms with Gasteiger partial charge in [-0.3, -0.25) is 4.79 Å². The van der Waals surface area contributed by atoms with Crippen LogP contribution in [-0.2, 0) is 6.42 Å². The van der Waals surface area contributed by atoms with E-state index in [1.54, 1.807) is 24.3 Å². The van der Waals surface area contributed by atoms with E-state index >= 15 is 0 Å². The van der Waals surface area contributed by atoms with Gasteiger partial charge in [-0.05, 0) is 88.6 Å². The van der Waals surface area contributed by atoms with Crippen molar-refractivity contribution in [2.75, 3.05) is 6.61 Å². The quantitative estimate of drug-likeness (QED) is 0.218. The van der Waals surface area contributed by atoms with Gasteiger partial charge < -0.3 is 14.2 Å². The lowest BCUT2D eigenvalue weighted by molar-refractivity contribution is 0.104. The van der Waals surface area contributed by atoms with Crippen molar-refractivity contribution in [2.45, 2.75) is 59.7 Å². The second-order valence-corrected chi connectivity index (χ2v) is 7.89. The van der Waals surface area contributed by atoms with Crippen LogP contribution in [0, 0.1) is 0 Å². The zero-order valence-electron chi connectivity index (χ0n) is 19.3. The van der Waals surface area contributed by atoms with Crippen molar-refractivity contribution in [3.05, 3.63) is 71.8 Å². The molecule has 2 rings (SSSR count). The SMILES string of the molecule is C=CCc1cc(C=CC(=O)c2ccc(OCCC)cc2)c(OC(C)C)cc1OC(C)C. The summed E-state index contributed by atoms with van der Waals surface area (Å²) in [5, 5.41) is 0. The molecule has 0 bridgehead atoms. The second-order valence-electron chi connectivity index (χ2n) is 7.89. The van der Waals surface area contributed by atoms with Gasteiger partial charge in [-0.2, -0.15) is 0 Å². The Bertz CT molecular complexity index is 892. The Morgan fingerprint density at radius 2 is 1.65 bits per heavy atom. The average Bonchev–Trinajstić information content (AvgIpc) is 2.72. The van der Waals surface area contributed by atoms with Crippen molar-refractivity contribution >= 4 is 11.9 Å². The number of hydrogen-bond acceptors (Lipinski definition) is 4. The normalized spacial score (nSPS) is 11.2. The highest BCUT2D eigenvalue weighted by Gasteiger charge is 2.13. The lowest BCUT2D eigenvalue weighted by Crippen LogP contribution is -2.10. The van der Waals surface area contributed by atoms with Crippen LogP contribution < -0.4 is 14.2 Å². The van der Waals surface area contributed by atoms with Crippen LogP contribution in [0.15, 0.2) is 55.1 Å². The third-order valence-corrected chi connectivity index (χ3v) is 4.31. The third kappa shape index (κ3) is 7.63. The van der Waals surface area contributed by atoms with Gasteiger partial charge in [-0.15, -0.1) is 6.58 Å². The van der Waals surface area contributed by atoms with Gasteiger partial charge in [0.2, 0.25) is 0 Å². The Hall–Kier alpha value is -3.01. The van der Waals surface area contributed by atoms with E-state index in [2.05, 4.69) is 13.5 Å². The molecule has 0 radical (unpaired) electrons. The summed E-state index contributed by atoms with van der Waals surface area (Å²) < 4.78 is 17.6. The monoisotopic (exact) mass is 422 g/mol. The highest BCUT2D eigenvalue weighted by molar-refractivity contribution is 6.07. The molecule has 0 atom stereocenters. The molecule has 166 valence electrons. The van der Waals surface area contributed by atoms with E-state index in [4.69, 9.17) is 14.2 Å². The molecule has 0 aliphatic rings. The zero-order chi connectivity index (χ0) is 22.8. The molecule has 0 saturated carbocycles. The molecule has 0 aromatic heterocycles. The Labute approximate surface area is 186 Å². The number of benzene rings is 2. The van der Waals surface area contributed by atoms with Crippen LogP contribution in [0.25, 0.3) is 6.08 Å². The summed E-state index contributed by atoms with van der Waals surface area (Å²) in [5.74, 6) is 2.15. The molecule has 0 heterocycles. The summed E-state index contributed by atoms with van der Waals surface area (Å²) in [6.45, 7) is 14.5. The molecule has 4 nitrogen and oxygen atoms in total. The van der Waals surface area contributed by atoms with Crippen molar-refractivity contribution in [3.8, 4) is 17.2 Å². The number of ketones is 1. The van der Waals surface area contributed by atoms with Crippen molar-refractivity contribution in [3.63, 3.8) is 0 Å². The number of ether oxygens (including phenoxy) is 3. The largest absolute Gasteiger partial charge is 0.494 e. The maximum atomic E-state index is 12.7. The number of allylic oxidation sites excluding steroid dienone is 2. The molecule has 0 saturated heterocycles. The molecule has 0 fully saturated rings. The summed E-state index contributed by atoms with van der Waals surface area (Å²) in [6.07, 6.45) is 6.86. The van der Waals surface area contributed by atoms with E-state index in [0.29, 0.717) is 24.3 Å². The lowest BCUT2D eigenvalue weighted by Gasteiger charge is -2.19. The van der Waals surface area contributed by atoms with Crippen molar-refractivity contribution in [1.29, 1.82) is 0 Å². The van der Waals surface area contributed by atoms with Crippen LogP contribution in [0.4, 0.5) is 0 Å². The van der Waals surface area contributed by atoms with E-state index < -0.39 is 0 Å². The molecular formula is C27H34O4. The summed E-state index contributed by atoms with van der Waals surface area (Å²) in [5.41, 5.74) is 2.44. The van der Waals surface area contributed by atoms with Gasteiger partial charge >= 0.3 is 0 Å². The van der Waals surface area contributed by atoms with E-state index in [1.165, 1.54) is 0 Å². The van der Waals surface area contributed by atoms with Gasteiger partial charge in [0.25, 0.3) is 0 Å². The van der Waals surface area contributed by atoms with Crippen molar-refractivity contribution < 1.29 is 19.0 Å². The average molecular weight is 423 g/mol. The van der Waals surface area contributed by atoms with Crippen LogP contribution in [0.3, 0.4) is 0 Å². The first-order valence-electron chi connectivity index (χ1n) is 10.9. The molecule has 31 heavy (non-hydrogen) atoms. The van der Waals surface area contributed by atoms with Crippen molar-refractivity contribution in [1.82, 2.24) is 0 Å². The van der Waals surface area contributed by atoms with Gasteiger partial charge in [0, 0.05) is 17.2 Å². The first-order chi connectivity index (χ1) is 14.8. The molecule has 0 spiro atoms. The Morgan fingerprint density at radius 1 is 1.00 bits per heavy atom. The van der Waals surface area contributed by atoms with Gasteiger partial charge in [0.1, 0.15) is 17.2 Å². The maximum Gasteiger partial charge on any atom is 0.185 e. The van der Waals surface area contributed by atoms with Crippen LogP contribution >= 0.6 is 0 Å². The Balaban J connectivity index is 2.31. The van der Waals surface area contributed by atoms with Gasteiger partial charge in [-0.25, -0.2) is 0 Å². The van der Waals surface area contributed by atoms with E-state index in [9.17, 15) is 4.79 Å². The number of hydrogen-bond donors (Lipinski definition) is 0. The standard InChI is InChI=1S/C27H34O4/c1-7-9-22-17-23(27(31-20(5)6)18-26(22)30-19(3)4)12-15-25(28)21-10-13-24(14-11-21)29-16-8-2/h7,10-15,17-20H,1,8-9,16H2,2-6H3. The van der Waals surface area contributed by atoms with E-state index in [1.807, 2.05) is 58.0 Å². The minimum atomic E-state index is -0.0784. The summed E-state index contributed by atoms with van der Waals surface area (Å²) in [4.78, 5) is 12.7. The number of carbonyl (C=O) groups is 1. The molecule has 2 aromatic rings. The minimum absolute atomic E-state index is 0.00401. The van der Waals surface area contributed by atoms with Gasteiger partial charge in [-0.1, -0.05) is 13.0 Å². The fourth-order valence-corrected chi connectivity index (χ4v) is 2.99. The van der Waals surface area contributed by atoms with Crippen molar-refractivity contribution in [2.24, 2.45) is 0 Å². The molecule has 0 N–H and O–H groups in total. The van der Waals surface area contributed by atoms with Crippen LogP contribution in [0.5, 0.6) is 17.2 Å². The van der Waals surface area contributed by atoms with Gasteiger partial charge in [0.15, 0.2) is 5.78 Å². The van der Waals surface area contributed by atoms with Crippen LogP contribution in [0.2, 0.25) is 0 Å². The third-order valence-electron chi connectivity index (χ3n) is 4.31. The zero-order valence-corrected chi connectivity index (χ0v) is 19.3. The number of carbonyl (C=O) groups excluding carboxylic acids is 1. The van der Waals surface area contributed by atoms with Gasteiger partial charge in [0.05, 0.1) is 18.8 Å². The topological polar surface area (TPSA) is 44.8 Å². The molecule has 0 unspecified atom stereocenters. The molecule has 4 heteroatoms. The molecule has 0 amide bonds. The number of rotatable bonds is 12. The van der Waals surface area contributed by atoms with Crippen LogP contribution in [-0.4, -0.2) is 24.6 Å². The lowest BCUT2D eigenvalue weighted by atomic mass is 10.0. The predicted octanol–water partition coefficient (Wildman–Crippen LogP) is 6.67. The smallest absolute Gasteiger partial charge is 0.185 e. The van der Waals surface area contributed by atoms with Crippen LogP contribution in [0.1, 0.15) is 62.5 Å². The first kappa shape index (κ1) is 24.3. The molecule has 2 aromatic carbocycles. The maximum absolute atomic E-state index is 12.7. The summed E-state index contributed by atoms with van der Waals surface area (Å²) in [6, 6.07) is 11.1. The molecule has 0 aliphatic heterocycles. The fourth-order valence-electron chi connectivity index (χ4n) is 2.99. The second kappa shape index (κ2) is 12.0. The fraction of sp³-hybridized carbons (Fsp3) is 0.370. The highest BCUT2D eigenvalue weighted by Crippen LogP contribution is 2.32. The van der Waals surface area contributed by atoms with E-state index in [-0.39, 0.29) is 18.0 Å².